The Morgan fingerprint density at radius 3 is 2.76 bits per heavy atom. The highest BCUT2D eigenvalue weighted by Crippen LogP contribution is 2.40. The fourth-order valence-corrected chi connectivity index (χ4v) is 5.98. The van der Waals surface area contributed by atoms with Crippen molar-refractivity contribution in [1.29, 1.82) is 5.41 Å². The summed E-state index contributed by atoms with van der Waals surface area (Å²) in [5.74, 6) is 0.498. The van der Waals surface area contributed by atoms with Crippen molar-refractivity contribution in [2.24, 2.45) is 0 Å². The summed E-state index contributed by atoms with van der Waals surface area (Å²) >= 11 is 1.42. The van der Waals surface area contributed by atoms with Gasteiger partial charge in [0.25, 0.3) is 5.91 Å². The molecular weight excluding hydrogens is 498 g/mol. The molecule has 8 nitrogen and oxygen atoms in total. The monoisotopic (exact) mass is 531 g/mol. The second-order valence-electron chi connectivity index (χ2n) is 10.9. The van der Waals surface area contributed by atoms with Gasteiger partial charge in [0.15, 0.2) is 5.96 Å². The number of thiazole rings is 1. The quantitative estimate of drug-likeness (QED) is 0.406. The van der Waals surface area contributed by atoms with Gasteiger partial charge in [0.1, 0.15) is 17.4 Å². The number of guanidine groups is 1. The van der Waals surface area contributed by atoms with Crippen molar-refractivity contribution < 1.29 is 14.3 Å². The molecule has 1 fully saturated rings. The number of para-hydroxylation sites is 1. The standard InChI is InChI=1S/C29H33N5O3S/c1-5-29(4)15-24(35)34(27(30)33-29)25(23-16-31-17-38-23)18-9-8-10-19(13-18)26(36)32-21-14-28(2,3)37-22-12-7-6-11-20(21)22/h6-13,16-17,21,25H,5,14-15H2,1-4H3,(H2,30,33)(H,32,36). The fourth-order valence-electron chi connectivity index (χ4n) is 5.24. The largest absolute Gasteiger partial charge is 0.487 e. The van der Waals surface area contributed by atoms with Crippen LogP contribution in [0.2, 0.25) is 0 Å². The molecule has 9 heteroatoms. The number of aromatic nitrogens is 1. The van der Waals surface area contributed by atoms with Crippen molar-refractivity contribution >= 4 is 29.1 Å². The minimum atomic E-state index is -0.563. The highest BCUT2D eigenvalue weighted by atomic mass is 32.1. The van der Waals surface area contributed by atoms with Gasteiger partial charge < -0.3 is 15.4 Å². The number of amides is 2. The van der Waals surface area contributed by atoms with E-state index in [4.69, 9.17) is 10.1 Å². The molecule has 0 spiro atoms. The molecule has 0 aliphatic carbocycles. The van der Waals surface area contributed by atoms with Crippen LogP contribution in [-0.4, -0.2) is 38.8 Å². The summed E-state index contributed by atoms with van der Waals surface area (Å²) in [6, 6.07) is 14.3. The molecule has 1 saturated heterocycles. The third-order valence-corrected chi connectivity index (χ3v) is 8.20. The Morgan fingerprint density at radius 1 is 1.26 bits per heavy atom. The van der Waals surface area contributed by atoms with Gasteiger partial charge in [-0.15, -0.1) is 11.3 Å². The lowest BCUT2D eigenvalue weighted by Crippen LogP contribution is -2.61. The van der Waals surface area contributed by atoms with E-state index in [9.17, 15) is 9.59 Å². The van der Waals surface area contributed by atoms with E-state index in [1.807, 2.05) is 70.2 Å². The number of hydrogen-bond acceptors (Lipinski definition) is 6. The molecule has 1 aromatic heterocycles. The Kier molecular flexibility index (Phi) is 6.73. The van der Waals surface area contributed by atoms with Gasteiger partial charge in [0.2, 0.25) is 5.91 Å². The van der Waals surface area contributed by atoms with E-state index in [2.05, 4.69) is 15.6 Å². The summed E-state index contributed by atoms with van der Waals surface area (Å²) in [6.07, 6.45) is 3.36. The number of nitrogens with zero attached hydrogens (tertiary/aromatic N) is 2. The second kappa shape index (κ2) is 9.87. The maximum absolute atomic E-state index is 13.5. The van der Waals surface area contributed by atoms with Crippen LogP contribution in [0, 0.1) is 5.41 Å². The molecule has 3 unspecified atom stereocenters. The molecule has 3 aromatic rings. The first kappa shape index (κ1) is 25.9. The van der Waals surface area contributed by atoms with Gasteiger partial charge in [-0.05, 0) is 51.0 Å². The molecule has 0 bridgehead atoms. The number of nitrogens with one attached hydrogen (secondary N) is 3. The lowest BCUT2D eigenvalue weighted by Gasteiger charge is -2.43. The highest BCUT2D eigenvalue weighted by molar-refractivity contribution is 7.09. The maximum atomic E-state index is 13.5. The van der Waals surface area contributed by atoms with Gasteiger partial charge in [0, 0.05) is 29.3 Å². The molecule has 3 atom stereocenters. The first-order valence-corrected chi connectivity index (χ1v) is 13.7. The molecule has 2 aromatic carbocycles. The maximum Gasteiger partial charge on any atom is 0.251 e. The van der Waals surface area contributed by atoms with Crippen LogP contribution in [0.15, 0.2) is 60.2 Å². The van der Waals surface area contributed by atoms with Gasteiger partial charge in [-0.2, -0.15) is 0 Å². The lowest BCUT2D eigenvalue weighted by molar-refractivity contribution is -0.131. The molecule has 198 valence electrons. The van der Waals surface area contributed by atoms with Crippen LogP contribution < -0.4 is 15.4 Å². The van der Waals surface area contributed by atoms with Crippen LogP contribution in [0.1, 0.15) is 85.4 Å². The molecule has 5 rings (SSSR count). The predicted octanol–water partition coefficient (Wildman–Crippen LogP) is 5.19. The molecule has 0 radical (unpaired) electrons. The predicted molar refractivity (Wildman–Crippen MR) is 147 cm³/mol. The van der Waals surface area contributed by atoms with Crippen molar-refractivity contribution in [1.82, 2.24) is 20.5 Å². The third kappa shape index (κ3) is 5.03. The van der Waals surface area contributed by atoms with Gasteiger partial charge in [-0.25, -0.2) is 0 Å². The summed E-state index contributed by atoms with van der Waals surface area (Å²) in [5.41, 5.74) is 3.02. The minimum Gasteiger partial charge on any atom is -0.487 e. The molecule has 3 heterocycles. The summed E-state index contributed by atoms with van der Waals surface area (Å²) in [5, 5.41) is 15.1. The summed E-state index contributed by atoms with van der Waals surface area (Å²) in [4.78, 5) is 33.4. The summed E-state index contributed by atoms with van der Waals surface area (Å²) in [7, 11) is 0. The summed E-state index contributed by atoms with van der Waals surface area (Å²) < 4.78 is 6.12. The van der Waals surface area contributed by atoms with Crippen LogP contribution in [0.3, 0.4) is 0 Å². The summed E-state index contributed by atoms with van der Waals surface area (Å²) in [6.45, 7) is 8.00. The number of rotatable bonds is 6. The van der Waals surface area contributed by atoms with E-state index >= 15 is 0 Å². The van der Waals surface area contributed by atoms with Crippen molar-refractivity contribution in [2.75, 3.05) is 0 Å². The number of carbonyl (C=O) groups is 2. The topological polar surface area (TPSA) is 107 Å². The molecular formula is C29H33N5O3S. The normalized spacial score (nSPS) is 23.2. The smallest absolute Gasteiger partial charge is 0.251 e. The van der Waals surface area contributed by atoms with Crippen molar-refractivity contribution in [3.8, 4) is 5.75 Å². The zero-order valence-corrected chi connectivity index (χ0v) is 22.9. The lowest BCUT2D eigenvalue weighted by atomic mass is 9.89. The van der Waals surface area contributed by atoms with E-state index in [1.54, 1.807) is 17.8 Å². The van der Waals surface area contributed by atoms with E-state index in [1.165, 1.54) is 16.2 Å². The Labute approximate surface area is 226 Å². The molecule has 2 aliphatic rings. The van der Waals surface area contributed by atoms with Crippen LogP contribution in [0.5, 0.6) is 5.75 Å². The van der Waals surface area contributed by atoms with E-state index in [-0.39, 0.29) is 30.2 Å². The molecule has 2 aliphatic heterocycles. The SMILES string of the molecule is CCC1(C)CC(=O)N(C(c2cccc(C(=O)NC3CC(C)(C)Oc4ccccc43)c2)c2cncs2)C(=N)N1. The Balaban J connectivity index is 1.45. The van der Waals surface area contributed by atoms with Crippen molar-refractivity contribution in [2.45, 2.75) is 70.2 Å². The molecule has 38 heavy (non-hydrogen) atoms. The van der Waals surface area contributed by atoms with Gasteiger partial charge in [0.05, 0.1) is 22.9 Å². The van der Waals surface area contributed by atoms with Gasteiger partial charge in [-0.1, -0.05) is 37.3 Å². The van der Waals surface area contributed by atoms with Crippen molar-refractivity contribution in [3.05, 3.63) is 81.8 Å². The van der Waals surface area contributed by atoms with Crippen LogP contribution in [-0.2, 0) is 4.79 Å². The zero-order chi connectivity index (χ0) is 27.1. The van der Waals surface area contributed by atoms with Crippen LogP contribution >= 0.6 is 11.3 Å². The number of benzene rings is 2. The third-order valence-electron chi connectivity index (χ3n) is 7.38. The molecule has 2 amide bonds. The first-order chi connectivity index (χ1) is 18.1. The Morgan fingerprint density at radius 2 is 2.05 bits per heavy atom. The first-order valence-electron chi connectivity index (χ1n) is 12.8. The van der Waals surface area contributed by atoms with Crippen LogP contribution in [0.4, 0.5) is 0 Å². The number of fused-ring (bicyclic) bond motifs is 1. The average Bonchev–Trinajstić information content (AvgIpc) is 3.40. The van der Waals surface area contributed by atoms with Gasteiger partial charge >= 0.3 is 0 Å². The average molecular weight is 532 g/mol. The molecule has 3 N–H and O–H groups in total. The van der Waals surface area contributed by atoms with E-state index in [0.717, 1.165) is 28.2 Å². The highest BCUT2D eigenvalue weighted by Gasteiger charge is 2.41. The van der Waals surface area contributed by atoms with E-state index < -0.39 is 17.2 Å². The van der Waals surface area contributed by atoms with Crippen molar-refractivity contribution in [3.63, 3.8) is 0 Å². The zero-order valence-electron chi connectivity index (χ0n) is 22.1. The van der Waals surface area contributed by atoms with Gasteiger partial charge in [-0.3, -0.25) is 24.9 Å². The van der Waals surface area contributed by atoms with Crippen LogP contribution in [0.25, 0.3) is 0 Å². The Hall–Kier alpha value is -3.72. The number of hydrogen-bond donors (Lipinski definition) is 3. The van der Waals surface area contributed by atoms with E-state index in [0.29, 0.717) is 12.0 Å². The number of carbonyl (C=O) groups excluding carboxylic acids is 2. The number of ether oxygens (including phenoxy) is 1. The Bertz CT molecular complexity index is 1350. The fraction of sp³-hybridized carbons (Fsp3) is 0.379. The second-order valence-corrected chi connectivity index (χ2v) is 11.8. The minimum absolute atomic E-state index is 0.0555. The molecule has 0 saturated carbocycles.